The molecular weight excluding hydrogens is 334 g/mol. The number of rotatable bonds is 3. The maximum atomic E-state index is 6.10. The average Bonchev–Trinajstić information content (AvgIpc) is 3.22. The molecule has 5 rings (SSSR count). The van der Waals surface area contributed by atoms with Gasteiger partial charge in [-0.2, -0.15) is 0 Å². The first-order chi connectivity index (χ1) is 12.3. The van der Waals surface area contributed by atoms with E-state index in [4.69, 9.17) is 9.47 Å². The number of nitrogens with zero attached hydrogens (tertiary/aromatic N) is 3. The molecule has 0 bridgehead atoms. The first-order valence-corrected chi connectivity index (χ1v) is 9.46. The standard InChI is InChI=1S/C19H19N3O2S/c1-22(9-12-10-23-14-6-2-3-7-15(14)24-12)18-17-13-5-4-8-16(13)25-19(17)21-11-20-18/h2-3,6-7,11-12H,4-5,8-10H2,1H3. The van der Waals surface area contributed by atoms with Crippen LogP contribution in [0.15, 0.2) is 30.6 Å². The van der Waals surface area contributed by atoms with E-state index in [0.29, 0.717) is 6.61 Å². The van der Waals surface area contributed by atoms with Crippen molar-refractivity contribution in [3.8, 4) is 11.5 Å². The largest absolute Gasteiger partial charge is 0.486 e. The van der Waals surface area contributed by atoms with Gasteiger partial charge in [0.25, 0.3) is 0 Å². The van der Waals surface area contributed by atoms with Crippen molar-refractivity contribution in [2.45, 2.75) is 25.4 Å². The Bertz CT molecular complexity index is 940. The van der Waals surface area contributed by atoms with Crippen molar-refractivity contribution in [2.24, 2.45) is 0 Å². The zero-order valence-corrected chi connectivity index (χ0v) is 14.9. The van der Waals surface area contributed by atoms with Gasteiger partial charge in [0.2, 0.25) is 0 Å². The summed E-state index contributed by atoms with van der Waals surface area (Å²) in [5.74, 6) is 2.64. The Morgan fingerprint density at radius 1 is 1.20 bits per heavy atom. The minimum atomic E-state index is -0.0170. The van der Waals surface area contributed by atoms with Gasteiger partial charge in [-0.25, -0.2) is 9.97 Å². The molecule has 6 heteroatoms. The Hall–Kier alpha value is -2.34. The number of anilines is 1. The molecule has 3 heterocycles. The zero-order chi connectivity index (χ0) is 16.8. The predicted octanol–water partition coefficient (Wildman–Crippen LogP) is 3.46. The number of fused-ring (bicyclic) bond motifs is 4. The van der Waals surface area contributed by atoms with E-state index in [9.17, 15) is 0 Å². The lowest BCUT2D eigenvalue weighted by molar-refractivity contribution is 0.0960. The van der Waals surface area contributed by atoms with Crippen LogP contribution in [-0.2, 0) is 12.8 Å². The molecule has 1 aliphatic carbocycles. The summed E-state index contributed by atoms with van der Waals surface area (Å²) >= 11 is 1.82. The first-order valence-electron chi connectivity index (χ1n) is 8.64. The van der Waals surface area contributed by atoms with Crippen LogP contribution in [0.1, 0.15) is 16.9 Å². The van der Waals surface area contributed by atoms with Crippen LogP contribution >= 0.6 is 11.3 Å². The van der Waals surface area contributed by atoms with Gasteiger partial charge in [-0.3, -0.25) is 0 Å². The van der Waals surface area contributed by atoms with Crippen LogP contribution in [0.5, 0.6) is 11.5 Å². The molecule has 0 fully saturated rings. The summed E-state index contributed by atoms with van der Waals surface area (Å²) in [6.07, 6.45) is 5.21. The highest BCUT2D eigenvalue weighted by molar-refractivity contribution is 7.19. The van der Waals surface area contributed by atoms with Gasteiger partial charge in [-0.1, -0.05) is 12.1 Å². The Morgan fingerprint density at radius 2 is 2.08 bits per heavy atom. The second kappa shape index (κ2) is 5.88. The van der Waals surface area contributed by atoms with E-state index in [1.807, 2.05) is 35.6 Å². The van der Waals surface area contributed by atoms with Crippen LogP contribution in [0.2, 0.25) is 0 Å². The van der Waals surface area contributed by atoms with E-state index >= 15 is 0 Å². The van der Waals surface area contributed by atoms with Crippen molar-refractivity contribution < 1.29 is 9.47 Å². The van der Waals surface area contributed by atoms with Crippen LogP contribution in [0.3, 0.4) is 0 Å². The van der Waals surface area contributed by atoms with Crippen molar-refractivity contribution in [2.75, 3.05) is 25.1 Å². The van der Waals surface area contributed by atoms with Crippen molar-refractivity contribution in [3.63, 3.8) is 0 Å². The van der Waals surface area contributed by atoms with E-state index in [1.165, 1.54) is 28.7 Å². The number of ether oxygens (including phenoxy) is 2. The van der Waals surface area contributed by atoms with Crippen molar-refractivity contribution in [1.29, 1.82) is 0 Å². The van der Waals surface area contributed by atoms with E-state index in [1.54, 1.807) is 6.33 Å². The lowest BCUT2D eigenvalue weighted by Gasteiger charge is -2.30. The van der Waals surface area contributed by atoms with Gasteiger partial charge in [0.05, 0.1) is 11.9 Å². The molecule has 1 atom stereocenters. The number of benzene rings is 1. The molecule has 1 aromatic carbocycles. The summed E-state index contributed by atoms with van der Waals surface area (Å²) in [6.45, 7) is 1.28. The highest BCUT2D eigenvalue weighted by Crippen LogP contribution is 2.40. The smallest absolute Gasteiger partial charge is 0.161 e. The SMILES string of the molecule is CN(CC1COc2ccccc2O1)c1ncnc2sc3c(c12)CCC3. The molecule has 128 valence electrons. The Kier molecular flexibility index (Phi) is 3.52. The van der Waals surface area contributed by atoms with E-state index < -0.39 is 0 Å². The molecule has 0 radical (unpaired) electrons. The molecule has 3 aromatic rings. The van der Waals surface area contributed by atoms with Crippen molar-refractivity contribution in [1.82, 2.24) is 9.97 Å². The molecule has 1 unspecified atom stereocenters. The average molecular weight is 353 g/mol. The molecule has 5 nitrogen and oxygen atoms in total. The molecule has 0 spiro atoms. The second-order valence-electron chi connectivity index (χ2n) is 6.61. The number of para-hydroxylation sites is 2. The summed E-state index contributed by atoms with van der Waals surface area (Å²) in [5, 5.41) is 1.24. The molecule has 0 amide bonds. The number of likely N-dealkylation sites (N-methyl/N-ethyl adjacent to an activating group) is 1. The Balaban J connectivity index is 1.42. The minimum Gasteiger partial charge on any atom is -0.486 e. The van der Waals surface area contributed by atoms with Crippen molar-refractivity contribution >= 4 is 27.4 Å². The number of hydrogen-bond donors (Lipinski definition) is 0. The van der Waals surface area contributed by atoms with Gasteiger partial charge < -0.3 is 14.4 Å². The highest BCUT2D eigenvalue weighted by atomic mass is 32.1. The number of aryl methyl sites for hydroxylation is 2. The third-order valence-electron chi connectivity index (χ3n) is 4.89. The summed E-state index contributed by atoms with van der Waals surface area (Å²) in [7, 11) is 2.07. The van der Waals surface area contributed by atoms with E-state index in [0.717, 1.165) is 35.1 Å². The maximum Gasteiger partial charge on any atom is 0.161 e. The van der Waals surface area contributed by atoms with Gasteiger partial charge in [-0.05, 0) is 37.0 Å². The lowest BCUT2D eigenvalue weighted by Crippen LogP contribution is -2.39. The summed E-state index contributed by atoms with van der Waals surface area (Å²) < 4.78 is 11.9. The van der Waals surface area contributed by atoms with E-state index in [-0.39, 0.29) is 6.10 Å². The second-order valence-corrected chi connectivity index (χ2v) is 7.70. The summed E-state index contributed by atoms with van der Waals surface area (Å²) in [4.78, 5) is 13.8. The molecule has 2 aliphatic rings. The molecule has 25 heavy (non-hydrogen) atoms. The predicted molar refractivity (Wildman–Crippen MR) is 99.1 cm³/mol. The maximum absolute atomic E-state index is 6.10. The molecule has 2 aromatic heterocycles. The minimum absolute atomic E-state index is 0.0170. The fourth-order valence-electron chi connectivity index (χ4n) is 3.75. The van der Waals surface area contributed by atoms with Gasteiger partial charge in [0.1, 0.15) is 23.6 Å². The molecule has 1 aliphatic heterocycles. The van der Waals surface area contributed by atoms with Gasteiger partial charge in [0, 0.05) is 11.9 Å². The third-order valence-corrected chi connectivity index (χ3v) is 6.09. The molecule has 0 saturated heterocycles. The number of hydrogen-bond acceptors (Lipinski definition) is 6. The highest BCUT2D eigenvalue weighted by Gasteiger charge is 2.26. The normalized spacial score (nSPS) is 18.4. The van der Waals surface area contributed by atoms with E-state index in [2.05, 4.69) is 21.9 Å². The lowest BCUT2D eigenvalue weighted by atomic mass is 10.2. The van der Waals surface area contributed by atoms with Gasteiger partial charge in [-0.15, -0.1) is 11.3 Å². The zero-order valence-electron chi connectivity index (χ0n) is 14.1. The van der Waals surface area contributed by atoms with Gasteiger partial charge in [0.15, 0.2) is 17.6 Å². The first kappa shape index (κ1) is 15.0. The topological polar surface area (TPSA) is 47.5 Å². The summed E-state index contributed by atoms with van der Waals surface area (Å²) in [5.41, 5.74) is 1.45. The molecule has 0 N–H and O–H groups in total. The molecular formula is C19H19N3O2S. The monoisotopic (exact) mass is 353 g/mol. The fraction of sp³-hybridized carbons (Fsp3) is 0.368. The van der Waals surface area contributed by atoms with Crippen LogP contribution in [0.25, 0.3) is 10.2 Å². The van der Waals surface area contributed by atoms with Crippen LogP contribution in [0, 0.1) is 0 Å². The van der Waals surface area contributed by atoms with Crippen LogP contribution in [-0.4, -0.2) is 36.3 Å². The molecule has 0 saturated carbocycles. The Labute approximate surface area is 150 Å². The Morgan fingerprint density at radius 3 is 3.00 bits per heavy atom. The fourth-order valence-corrected chi connectivity index (χ4v) is 4.97. The summed E-state index contributed by atoms with van der Waals surface area (Å²) in [6, 6.07) is 7.83. The van der Waals surface area contributed by atoms with Crippen molar-refractivity contribution in [3.05, 3.63) is 41.0 Å². The van der Waals surface area contributed by atoms with Crippen LogP contribution in [0.4, 0.5) is 5.82 Å². The third kappa shape index (κ3) is 2.52. The van der Waals surface area contributed by atoms with Gasteiger partial charge >= 0.3 is 0 Å². The van der Waals surface area contributed by atoms with Crippen LogP contribution < -0.4 is 14.4 Å². The number of thiophene rings is 1. The quantitative estimate of drug-likeness (QED) is 0.722. The number of aromatic nitrogens is 2.